The van der Waals surface area contributed by atoms with Crippen molar-refractivity contribution in [1.82, 2.24) is 5.32 Å². The van der Waals surface area contributed by atoms with Gasteiger partial charge in [-0.05, 0) is 25.8 Å². The smallest absolute Gasteiger partial charge is 0.0530 e. The molecular weight excluding hydrogens is 174 g/mol. The molecule has 0 saturated carbocycles. The van der Waals surface area contributed by atoms with E-state index in [2.05, 4.69) is 26.1 Å². The van der Waals surface area contributed by atoms with Crippen LogP contribution in [0, 0.1) is 11.3 Å². The molecule has 0 amide bonds. The van der Waals surface area contributed by atoms with Crippen molar-refractivity contribution in [2.75, 3.05) is 27.3 Å². The zero-order valence-electron chi connectivity index (χ0n) is 10.5. The topological polar surface area (TPSA) is 21.3 Å². The fourth-order valence-corrected chi connectivity index (χ4v) is 2.52. The third-order valence-electron chi connectivity index (χ3n) is 2.62. The van der Waals surface area contributed by atoms with Crippen LogP contribution in [-0.2, 0) is 4.74 Å². The molecule has 86 valence electrons. The highest BCUT2D eigenvalue weighted by molar-refractivity contribution is 4.81. The largest absolute Gasteiger partial charge is 0.384 e. The third-order valence-corrected chi connectivity index (χ3v) is 2.62. The Kier molecular flexibility index (Phi) is 7.20. The monoisotopic (exact) mass is 201 g/mol. The summed E-state index contributed by atoms with van der Waals surface area (Å²) >= 11 is 0. The molecule has 0 heterocycles. The number of hydrogen-bond acceptors (Lipinski definition) is 2. The minimum atomic E-state index is 0.340. The van der Waals surface area contributed by atoms with Gasteiger partial charge in [0.2, 0.25) is 0 Å². The zero-order valence-corrected chi connectivity index (χ0v) is 10.5. The van der Waals surface area contributed by atoms with E-state index in [-0.39, 0.29) is 0 Å². The van der Waals surface area contributed by atoms with Crippen LogP contribution in [0.15, 0.2) is 0 Å². The molecule has 0 aromatic carbocycles. The first-order valence-corrected chi connectivity index (χ1v) is 5.73. The van der Waals surface area contributed by atoms with Gasteiger partial charge in [0, 0.05) is 19.1 Å². The van der Waals surface area contributed by atoms with Gasteiger partial charge in [-0.15, -0.1) is 0 Å². The summed E-state index contributed by atoms with van der Waals surface area (Å²) in [6, 6.07) is 0. The first-order chi connectivity index (χ1) is 6.60. The highest BCUT2D eigenvalue weighted by Crippen LogP contribution is 2.31. The van der Waals surface area contributed by atoms with Gasteiger partial charge in [0.15, 0.2) is 0 Å². The van der Waals surface area contributed by atoms with Crippen LogP contribution in [0.1, 0.15) is 40.0 Å². The molecule has 0 fully saturated rings. The maximum absolute atomic E-state index is 5.37. The maximum atomic E-state index is 5.37. The van der Waals surface area contributed by atoms with Gasteiger partial charge in [-0.25, -0.2) is 0 Å². The predicted molar refractivity (Wildman–Crippen MR) is 62.6 cm³/mol. The van der Waals surface area contributed by atoms with Gasteiger partial charge in [0.1, 0.15) is 0 Å². The fraction of sp³-hybridized carbons (Fsp3) is 1.00. The summed E-state index contributed by atoms with van der Waals surface area (Å²) in [4.78, 5) is 0. The van der Waals surface area contributed by atoms with E-state index in [1.54, 1.807) is 7.11 Å². The van der Waals surface area contributed by atoms with Crippen molar-refractivity contribution in [3.8, 4) is 0 Å². The lowest BCUT2D eigenvalue weighted by atomic mass is 9.77. The summed E-state index contributed by atoms with van der Waals surface area (Å²) < 4.78 is 5.37. The molecule has 2 nitrogen and oxygen atoms in total. The molecule has 0 aromatic rings. The average molecular weight is 201 g/mol. The average Bonchev–Trinajstić information content (AvgIpc) is 2.03. The highest BCUT2D eigenvalue weighted by atomic mass is 16.5. The van der Waals surface area contributed by atoms with E-state index in [1.165, 1.54) is 19.3 Å². The molecule has 0 saturated heterocycles. The Morgan fingerprint density at radius 2 is 2.00 bits per heavy atom. The molecule has 14 heavy (non-hydrogen) atoms. The maximum Gasteiger partial charge on any atom is 0.0530 e. The molecule has 0 spiro atoms. The molecule has 0 rings (SSSR count). The summed E-state index contributed by atoms with van der Waals surface area (Å²) in [6.45, 7) is 8.76. The van der Waals surface area contributed by atoms with Crippen LogP contribution in [0.25, 0.3) is 0 Å². The van der Waals surface area contributed by atoms with Gasteiger partial charge < -0.3 is 10.1 Å². The van der Waals surface area contributed by atoms with Crippen molar-refractivity contribution in [2.24, 2.45) is 11.3 Å². The first-order valence-electron chi connectivity index (χ1n) is 5.73. The van der Waals surface area contributed by atoms with E-state index in [9.17, 15) is 0 Å². The first kappa shape index (κ1) is 13.9. The molecule has 0 bridgehead atoms. The Bertz CT molecular complexity index is 117. The van der Waals surface area contributed by atoms with Gasteiger partial charge in [0.25, 0.3) is 0 Å². The minimum Gasteiger partial charge on any atom is -0.384 e. The van der Waals surface area contributed by atoms with Crippen LogP contribution in [-0.4, -0.2) is 27.3 Å². The van der Waals surface area contributed by atoms with E-state index in [0.717, 1.165) is 19.1 Å². The summed E-state index contributed by atoms with van der Waals surface area (Å²) in [5, 5.41) is 3.30. The molecule has 1 atom stereocenters. The quantitative estimate of drug-likeness (QED) is 0.652. The second kappa shape index (κ2) is 7.24. The van der Waals surface area contributed by atoms with Gasteiger partial charge >= 0.3 is 0 Å². The van der Waals surface area contributed by atoms with Gasteiger partial charge in [-0.2, -0.15) is 0 Å². The van der Waals surface area contributed by atoms with Crippen molar-refractivity contribution in [1.29, 1.82) is 0 Å². The molecule has 0 aliphatic carbocycles. The number of nitrogens with one attached hydrogen (secondary N) is 1. The predicted octanol–water partition coefficient (Wildman–Crippen LogP) is 2.68. The Morgan fingerprint density at radius 3 is 2.36 bits per heavy atom. The Hall–Kier alpha value is -0.0800. The summed E-state index contributed by atoms with van der Waals surface area (Å²) in [5.41, 5.74) is 0.340. The SMILES string of the molecule is CCCC(CNC)(COC)CC(C)C. The van der Waals surface area contributed by atoms with E-state index in [4.69, 9.17) is 4.74 Å². The fourth-order valence-electron chi connectivity index (χ4n) is 2.52. The van der Waals surface area contributed by atoms with E-state index >= 15 is 0 Å². The van der Waals surface area contributed by atoms with Gasteiger partial charge in [-0.3, -0.25) is 0 Å². The zero-order chi connectivity index (χ0) is 11.0. The number of rotatable bonds is 8. The normalized spacial score (nSPS) is 15.9. The molecule has 0 aromatic heterocycles. The van der Waals surface area contributed by atoms with Crippen LogP contribution >= 0.6 is 0 Å². The van der Waals surface area contributed by atoms with Crippen molar-refractivity contribution < 1.29 is 4.74 Å². The van der Waals surface area contributed by atoms with Crippen molar-refractivity contribution in [3.05, 3.63) is 0 Å². The van der Waals surface area contributed by atoms with Crippen LogP contribution in [0.2, 0.25) is 0 Å². The molecule has 0 aliphatic rings. The van der Waals surface area contributed by atoms with Crippen molar-refractivity contribution in [2.45, 2.75) is 40.0 Å². The summed E-state index contributed by atoms with van der Waals surface area (Å²) in [7, 11) is 3.83. The molecule has 1 N–H and O–H groups in total. The number of ether oxygens (including phenoxy) is 1. The van der Waals surface area contributed by atoms with E-state index in [0.29, 0.717) is 5.41 Å². The Morgan fingerprint density at radius 1 is 1.36 bits per heavy atom. The van der Waals surface area contributed by atoms with Crippen molar-refractivity contribution >= 4 is 0 Å². The van der Waals surface area contributed by atoms with Gasteiger partial charge in [0.05, 0.1) is 6.61 Å². The number of hydrogen-bond donors (Lipinski definition) is 1. The highest BCUT2D eigenvalue weighted by Gasteiger charge is 2.29. The molecule has 1 unspecified atom stereocenters. The lowest BCUT2D eigenvalue weighted by Gasteiger charge is -2.34. The van der Waals surface area contributed by atoms with Crippen LogP contribution in [0.3, 0.4) is 0 Å². The minimum absolute atomic E-state index is 0.340. The lowest BCUT2D eigenvalue weighted by molar-refractivity contribution is 0.0554. The molecular formula is C12H27NO. The molecule has 0 aliphatic heterocycles. The number of methoxy groups -OCH3 is 1. The van der Waals surface area contributed by atoms with Crippen LogP contribution < -0.4 is 5.32 Å². The Balaban J connectivity index is 4.37. The second-order valence-corrected chi connectivity index (χ2v) is 4.81. The van der Waals surface area contributed by atoms with Crippen LogP contribution in [0.5, 0.6) is 0 Å². The third kappa shape index (κ3) is 4.97. The molecule has 2 heteroatoms. The van der Waals surface area contributed by atoms with Gasteiger partial charge in [-0.1, -0.05) is 27.2 Å². The lowest BCUT2D eigenvalue weighted by Crippen LogP contribution is -2.37. The Labute approximate surface area is 89.4 Å². The van der Waals surface area contributed by atoms with E-state index in [1.807, 2.05) is 7.05 Å². The van der Waals surface area contributed by atoms with Crippen molar-refractivity contribution in [3.63, 3.8) is 0 Å². The summed E-state index contributed by atoms with van der Waals surface area (Å²) in [6.07, 6.45) is 3.73. The summed E-state index contributed by atoms with van der Waals surface area (Å²) in [5.74, 6) is 0.741. The van der Waals surface area contributed by atoms with Crippen LogP contribution in [0.4, 0.5) is 0 Å². The molecule has 0 radical (unpaired) electrons. The van der Waals surface area contributed by atoms with E-state index < -0.39 is 0 Å². The second-order valence-electron chi connectivity index (χ2n) is 4.81. The standard InChI is InChI=1S/C12H27NO/c1-6-7-12(9-13-4,10-14-5)8-11(2)3/h11,13H,6-10H2,1-5H3.